The molecule has 5 aromatic rings. The highest BCUT2D eigenvalue weighted by molar-refractivity contribution is 6.08. The Bertz CT molecular complexity index is 2030. The van der Waals surface area contributed by atoms with E-state index in [2.05, 4.69) is 110 Å². The molecule has 1 fully saturated rings. The third-order valence-electron chi connectivity index (χ3n) is 9.86. The van der Waals surface area contributed by atoms with E-state index in [4.69, 9.17) is 14.2 Å². The highest BCUT2D eigenvalue weighted by Crippen LogP contribution is 2.58. The van der Waals surface area contributed by atoms with Crippen LogP contribution in [0.5, 0.6) is 11.5 Å². The Morgan fingerprint density at radius 1 is 0.844 bits per heavy atom. The van der Waals surface area contributed by atoms with E-state index in [1.807, 2.05) is 18.2 Å². The lowest BCUT2D eigenvalue weighted by atomic mass is 9.76. The molecule has 2 heterocycles. The fourth-order valence-corrected chi connectivity index (χ4v) is 7.56. The molecule has 5 aromatic carbocycles. The summed E-state index contributed by atoms with van der Waals surface area (Å²) in [5.74, 6) is 1.68. The predicted molar refractivity (Wildman–Crippen MR) is 179 cm³/mol. The molecule has 0 bridgehead atoms. The molecule has 1 unspecified atom stereocenters. The molecule has 0 saturated carbocycles. The van der Waals surface area contributed by atoms with Gasteiger partial charge < -0.3 is 19.1 Å². The van der Waals surface area contributed by atoms with Crippen molar-refractivity contribution in [1.29, 1.82) is 5.26 Å². The van der Waals surface area contributed by atoms with E-state index in [9.17, 15) is 5.26 Å². The van der Waals surface area contributed by atoms with Crippen LogP contribution in [-0.2, 0) is 15.8 Å². The van der Waals surface area contributed by atoms with Gasteiger partial charge in [0.25, 0.3) is 0 Å². The number of morpholine rings is 1. The first-order valence-corrected chi connectivity index (χ1v) is 15.5. The summed E-state index contributed by atoms with van der Waals surface area (Å²) in [5.41, 5.74) is 8.69. The number of rotatable bonds is 4. The van der Waals surface area contributed by atoms with Crippen LogP contribution >= 0.6 is 0 Å². The molecule has 0 aromatic heterocycles. The number of ether oxygens (including phenoxy) is 3. The lowest BCUT2D eigenvalue weighted by Crippen LogP contribution is -2.37. The fraction of sp³-hybridized carbons (Fsp3) is 0.225. The minimum absolute atomic E-state index is 0.320. The molecule has 5 heteroatoms. The van der Waals surface area contributed by atoms with Crippen molar-refractivity contribution in [3.8, 4) is 28.7 Å². The van der Waals surface area contributed by atoms with Gasteiger partial charge in [0.2, 0.25) is 0 Å². The first-order chi connectivity index (χ1) is 21.9. The number of fused-ring (bicyclic) bond motifs is 8. The Kier molecular flexibility index (Phi) is 6.27. The molecule has 0 N–H and O–H groups in total. The Labute approximate surface area is 263 Å². The van der Waals surface area contributed by atoms with Gasteiger partial charge in [-0.25, -0.2) is 0 Å². The SMILES string of the molecule is COc1ccc(C2(c3ccc(N4CCOCC4)cc3)C=Cc3c4c(c5ccccc5c3O2)-c2ccc(C#N)cc2C4(C)C)cc1. The molecular weight excluding hydrogens is 556 g/mol. The number of anilines is 1. The molecule has 222 valence electrons. The van der Waals surface area contributed by atoms with Gasteiger partial charge in [0.1, 0.15) is 11.5 Å². The summed E-state index contributed by atoms with van der Waals surface area (Å²) in [6.45, 7) is 7.79. The number of hydrogen-bond donors (Lipinski definition) is 0. The Morgan fingerprint density at radius 3 is 2.22 bits per heavy atom. The summed E-state index contributed by atoms with van der Waals surface area (Å²) >= 11 is 0. The fourth-order valence-electron chi connectivity index (χ4n) is 7.56. The van der Waals surface area contributed by atoms with Gasteiger partial charge in [-0.05, 0) is 70.1 Å². The number of nitrogens with zero attached hydrogens (tertiary/aromatic N) is 2. The maximum absolute atomic E-state index is 9.72. The zero-order valence-corrected chi connectivity index (χ0v) is 25.8. The van der Waals surface area contributed by atoms with Gasteiger partial charge in [-0.2, -0.15) is 5.26 Å². The highest BCUT2D eigenvalue weighted by atomic mass is 16.5. The van der Waals surface area contributed by atoms with Crippen molar-refractivity contribution in [2.75, 3.05) is 38.3 Å². The smallest absolute Gasteiger partial charge is 0.178 e. The van der Waals surface area contributed by atoms with Crippen LogP contribution in [0.4, 0.5) is 5.69 Å². The van der Waals surface area contributed by atoms with E-state index < -0.39 is 5.60 Å². The second-order valence-corrected chi connectivity index (χ2v) is 12.6. The van der Waals surface area contributed by atoms with Crippen LogP contribution in [0.15, 0.2) is 97.1 Å². The molecule has 45 heavy (non-hydrogen) atoms. The zero-order valence-electron chi connectivity index (χ0n) is 25.8. The normalized spacial score (nSPS) is 19.3. The Hall–Kier alpha value is -5.05. The van der Waals surface area contributed by atoms with Crippen LogP contribution in [-0.4, -0.2) is 33.4 Å². The van der Waals surface area contributed by atoms with Crippen molar-refractivity contribution in [3.63, 3.8) is 0 Å². The van der Waals surface area contributed by atoms with Gasteiger partial charge in [0.05, 0.1) is 32.0 Å². The van der Waals surface area contributed by atoms with Gasteiger partial charge in [-0.3, -0.25) is 0 Å². The Morgan fingerprint density at radius 2 is 1.53 bits per heavy atom. The minimum Gasteiger partial charge on any atom is -0.497 e. The van der Waals surface area contributed by atoms with E-state index in [1.54, 1.807) is 7.11 Å². The third kappa shape index (κ3) is 4.10. The molecule has 0 radical (unpaired) electrons. The molecule has 0 spiro atoms. The number of hydrogen-bond acceptors (Lipinski definition) is 5. The zero-order chi connectivity index (χ0) is 30.8. The average molecular weight is 591 g/mol. The number of nitriles is 1. The molecule has 1 aliphatic carbocycles. The highest BCUT2D eigenvalue weighted by Gasteiger charge is 2.44. The molecule has 1 atom stereocenters. The second-order valence-electron chi connectivity index (χ2n) is 12.6. The van der Waals surface area contributed by atoms with Crippen LogP contribution in [0.25, 0.3) is 28.0 Å². The average Bonchev–Trinajstić information content (AvgIpc) is 3.34. The molecular formula is C40H34N2O3. The minimum atomic E-state index is -0.858. The Balaban J connectivity index is 1.34. The molecule has 1 saturated heterocycles. The molecule has 8 rings (SSSR count). The summed E-state index contributed by atoms with van der Waals surface area (Å²) in [7, 11) is 1.69. The van der Waals surface area contributed by atoms with E-state index in [0.29, 0.717) is 5.56 Å². The summed E-state index contributed by atoms with van der Waals surface area (Å²) in [5, 5.41) is 12.0. The quantitative estimate of drug-likeness (QED) is 0.211. The van der Waals surface area contributed by atoms with Crippen LogP contribution in [0.2, 0.25) is 0 Å². The van der Waals surface area contributed by atoms with Crippen LogP contribution in [0.1, 0.15) is 47.2 Å². The summed E-state index contributed by atoms with van der Waals surface area (Å²) < 4.78 is 18.5. The summed E-state index contributed by atoms with van der Waals surface area (Å²) in [4.78, 5) is 2.37. The second kappa shape index (κ2) is 10.3. The molecule has 2 aliphatic heterocycles. The van der Waals surface area contributed by atoms with Gasteiger partial charge in [0.15, 0.2) is 5.60 Å². The first kappa shape index (κ1) is 27.5. The van der Waals surface area contributed by atoms with Crippen molar-refractivity contribution in [3.05, 3.63) is 130 Å². The van der Waals surface area contributed by atoms with Gasteiger partial charge in [-0.1, -0.05) is 74.5 Å². The van der Waals surface area contributed by atoms with Crippen molar-refractivity contribution in [1.82, 2.24) is 0 Å². The molecule has 3 aliphatic rings. The van der Waals surface area contributed by atoms with E-state index >= 15 is 0 Å². The monoisotopic (exact) mass is 590 g/mol. The van der Waals surface area contributed by atoms with Gasteiger partial charge in [0, 0.05) is 46.3 Å². The van der Waals surface area contributed by atoms with Crippen molar-refractivity contribution >= 4 is 22.5 Å². The largest absolute Gasteiger partial charge is 0.497 e. The molecule has 0 amide bonds. The number of benzene rings is 5. The van der Waals surface area contributed by atoms with E-state index in [-0.39, 0.29) is 5.41 Å². The first-order valence-electron chi connectivity index (χ1n) is 15.5. The van der Waals surface area contributed by atoms with Crippen molar-refractivity contribution in [2.45, 2.75) is 24.9 Å². The maximum atomic E-state index is 9.72. The van der Waals surface area contributed by atoms with E-state index in [0.717, 1.165) is 65.3 Å². The number of methoxy groups -OCH3 is 1. The topological polar surface area (TPSA) is 54.7 Å². The lowest BCUT2D eigenvalue weighted by Gasteiger charge is -2.38. The van der Waals surface area contributed by atoms with Crippen LogP contribution < -0.4 is 14.4 Å². The van der Waals surface area contributed by atoms with Gasteiger partial charge in [-0.15, -0.1) is 0 Å². The standard InChI is InChI=1S/C40H34N2O3/c1-39(2)35-24-26(25-41)8-17-33(35)36-31-6-4-5-7-32(31)38-34(37(36)39)18-19-40(45-38,28-11-15-30(43-3)16-12-28)27-9-13-29(14-10-27)42-20-22-44-23-21-42/h4-19,24H,20-23H2,1-3H3. The van der Waals surface area contributed by atoms with Crippen LogP contribution in [0.3, 0.4) is 0 Å². The molecule has 5 nitrogen and oxygen atoms in total. The maximum Gasteiger partial charge on any atom is 0.178 e. The van der Waals surface area contributed by atoms with E-state index in [1.165, 1.54) is 27.9 Å². The van der Waals surface area contributed by atoms with Crippen LogP contribution in [0, 0.1) is 11.3 Å². The summed E-state index contributed by atoms with van der Waals surface area (Å²) in [6, 6.07) is 34.0. The third-order valence-corrected chi connectivity index (χ3v) is 9.86. The lowest BCUT2D eigenvalue weighted by molar-refractivity contribution is 0.122. The summed E-state index contributed by atoms with van der Waals surface area (Å²) in [6.07, 6.45) is 4.48. The predicted octanol–water partition coefficient (Wildman–Crippen LogP) is 8.21. The van der Waals surface area contributed by atoms with Crippen molar-refractivity contribution < 1.29 is 14.2 Å². The van der Waals surface area contributed by atoms with Crippen molar-refractivity contribution in [2.24, 2.45) is 0 Å². The van der Waals surface area contributed by atoms with Gasteiger partial charge >= 0.3 is 0 Å².